The lowest BCUT2D eigenvalue weighted by Crippen LogP contribution is -2.01. The molecule has 2 aliphatic carbocycles. The van der Waals surface area contributed by atoms with E-state index in [0.29, 0.717) is 12.1 Å². The van der Waals surface area contributed by atoms with Gasteiger partial charge in [-0.25, -0.2) is 0 Å². The van der Waals surface area contributed by atoms with Crippen molar-refractivity contribution in [2.45, 2.75) is 25.7 Å². The number of hydrogen-bond donors (Lipinski definition) is 0. The van der Waals surface area contributed by atoms with Crippen LogP contribution in [0.4, 0.5) is 4.39 Å². The van der Waals surface area contributed by atoms with Gasteiger partial charge in [-0.05, 0) is 17.2 Å². The molecule has 2 aliphatic rings. The summed E-state index contributed by atoms with van der Waals surface area (Å²) >= 11 is 0. The molecule has 1 heteroatoms. The van der Waals surface area contributed by atoms with E-state index in [4.69, 9.17) is 0 Å². The first-order chi connectivity index (χ1) is 3.86. The summed E-state index contributed by atoms with van der Waals surface area (Å²) < 4.78 is 12.5. The first-order valence-corrected chi connectivity index (χ1v) is 3.37. The SMILES string of the molecule is F[C+]1CC2CCC1C2. The highest BCUT2D eigenvalue weighted by Gasteiger charge is 2.50. The fourth-order valence-corrected chi connectivity index (χ4v) is 1.99. The van der Waals surface area contributed by atoms with E-state index in [1.807, 2.05) is 0 Å². The van der Waals surface area contributed by atoms with E-state index in [0.717, 1.165) is 25.2 Å². The molecule has 2 unspecified atom stereocenters. The molecule has 2 bridgehead atoms. The van der Waals surface area contributed by atoms with Gasteiger partial charge >= 0.3 is 6.17 Å². The minimum absolute atomic E-state index is 0.293. The maximum atomic E-state index is 12.5. The van der Waals surface area contributed by atoms with E-state index < -0.39 is 0 Å². The molecule has 0 aromatic rings. The van der Waals surface area contributed by atoms with Crippen LogP contribution in [0.5, 0.6) is 0 Å². The first-order valence-electron chi connectivity index (χ1n) is 3.37. The van der Waals surface area contributed by atoms with Crippen LogP contribution in [0.3, 0.4) is 0 Å². The molecule has 2 atom stereocenters. The number of halogens is 1. The molecule has 0 heterocycles. The Kier molecular flexibility index (Phi) is 0.813. The van der Waals surface area contributed by atoms with Crippen molar-refractivity contribution >= 4 is 0 Å². The summed E-state index contributed by atoms with van der Waals surface area (Å²) in [5.74, 6) is 1.12. The smallest absolute Gasteiger partial charge is 0.0416 e. The minimum atomic E-state index is 0.293. The van der Waals surface area contributed by atoms with Gasteiger partial charge in [0.2, 0.25) is 0 Å². The van der Waals surface area contributed by atoms with Crippen LogP contribution in [-0.2, 0) is 0 Å². The van der Waals surface area contributed by atoms with Crippen molar-refractivity contribution in [2.24, 2.45) is 11.8 Å². The molecular weight excluding hydrogens is 103 g/mol. The zero-order chi connectivity index (χ0) is 5.56. The second-order valence-corrected chi connectivity index (χ2v) is 3.03. The van der Waals surface area contributed by atoms with Crippen LogP contribution in [0.1, 0.15) is 25.7 Å². The van der Waals surface area contributed by atoms with Crippen LogP contribution in [0.25, 0.3) is 0 Å². The Bertz CT molecular complexity index is 98.6. The highest BCUT2D eigenvalue weighted by Crippen LogP contribution is 2.49. The molecular formula is C7H10F+. The van der Waals surface area contributed by atoms with Crippen molar-refractivity contribution in [1.29, 1.82) is 0 Å². The summed E-state index contributed by atoms with van der Waals surface area (Å²) in [6.45, 7) is 0. The Hall–Kier alpha value is -0.200. The van der Waals surface area contributed by atoms with Crippen LogP contribution in [0.15, 0.2) is 0 Å². The summed E-state index contributed by atoms with van der Waals surface area (Å²) in [7, 11) is 0. The van der Waals surface area contributed by atoms with E-state index in [1.165, 1.54) is 6.42 Å². The fourth-order valence-electron chi connectivity index (χ4n) is 1.99. The predicted molar refractivity (Wildman–Crippen MR) is 29.8 cm³/mol. The molecule has 0 N–H and O–H groups in total. The normalized spacial score (nSPS) is 43.9. The zero-order valence-corrected chi connectivity index (χ0v) is 4.86. The Balaban J connectivity index is 2.11. The van der Waals surface area contributed by atoms with Gasteiger partial charge in [0.1, 0.15) is 12.3 Å². The quantitative estimate of drug-likeness (QED) is 0.423. The molecule has 0 saturated heterocycles. The van der Waals surface area contributed by atoms with Gasteiger partial charge in [-0.3, -0.25) is 0 Å². The largest absolute Gasteiger partial charge is 0.302 e. The molecule has 2 rings (SSSR count). The van der Waals surface area contributed by atoms with Gasteiger partial charge in [0.25, 0.3) is 0 Å². The fraction of sp³-hybridized carbons (Fsp3) is 0.857. The molecule has 2 fully saturated rings. The number of hydrogen-bond acceptors (Lipinski definition) is 0. The maximum Gasteiger partial charge on any atom is 0.302 e. The van der Waals surface area contributed by atoms with Gasteiger partial charge in [0, 0.05) is 12.3 Å². The van der Waals surface area contributed by atoms with E-state index in [9.17, 15) is 4.39 Å². The molecule has 0 nitrogen and oxygen atoms in total. The van der Waals surface area contributed by atoms with Crippen molar-refractivity contribution in [3.05, 3.63) is 6.17 Å². The highest BCUT2D eigenvalue weighted by molar-refractivity contribution is 5.01. The molecule has 44 valence electrons. The summed E-state index contributed by atoms with van der Waals surface area (Å²) in [6, 6.07) is 0. The topological polar surface area (TPSA) is 0 Å². The lowest BCUT2D eigenvalue weighted by Gasteiger charge is -2.00. The van der Waals surface area contributed by atoms with Crippen LogP contribution in [-0.4, -0.2) is 0 Å². The van der Waals surface area contributed by atoms with Crippen LogP contribution < -0.4 is 0 Å². The van der Waals surface area contributed by atoms with Gasteiger partial charge in [-0.2, -0.15) is 0 Å². The second kappa shape index (κ2) is 1.40. The van der Waals surface area contributed by atoms with Crippen molar-refractivity contribution in [2.75, 3.05) is 0 Å². The summed E-state index contributed by atoms with van der Waals surface area (Å²) in [5, 5.41) is 0. The van der Waals surface area contributed by atoms with E-state index in [1.54, 1.807) is 0 Å². The lowest BCUT2D eigenvalue weighted by atomic mass is 9.99. The second-order valence-electron chi connectivity index (χ2n) is 3.03. The zero-order valence-electron chi connectivity index (χ0n) is 4.86. The van der Waals surface area contributed by atoms with E-state index in [-0.39, 0.29) is 0 Å². The third kappa shape index (κ3) is 0.473. The molecule has 0 amide bonds. The summed E-state index contributed by atoms with van der Waals surface area (Å²) in [5.41, 5.74) is 0. The van der Waals surface area contributed by atoms with Gasteiger partial charge < -0.3 is 0 Å². The molecule has 8 heavy (non-hydrogen) atoms. The maximum absolute atomic E-state index is 12.5. The number of fused-ring (bicyclic) bond motifs is 2. The Labute approximate surface area is 49.1 Å². The minimum Gasteiger partial charge on any atom is -0.0416 e. The monoisotopic (exact) mass is 113 g/mol. The van der Waals surface area contributed by atoms with Crippen LogP contribution in [0, 0.1) is 18.0 Å². The molecule has 0 radical (unpaired) electrons. The van der Waals surface area contributed by atoms with Crippen molar-refractivity contribution in [3.63, 3.8) is 0 Å². The Morgan fingerprint density at radius 1 is 1.38 bits per heavy atom. The third-order valence-electron chi connectivity index (χ3n) is 2.47. The van der Waals surface area contributed by atoms with Crippen molar-refractivity contribution < 1.29 is 4.39 Å². The van der Waals surface area contributed by atoms with E-state index in [2.05, 4.69) is 0 Å². The van der Waals surface area contributed by atoms with Crippen LogP contribution >= 0.6 is 0 Å². The predicted octanol–water partition coefficient (Wildman–Crippen LogP) is 2.31. The first kappa shape index (κ1) is 4.66. The van der Waals surface area contributed by atoms with Gasteiger partial charge in [-0.1, -0.05) is 0 Å². The molecule has 0 aliphatic heterocycles. The van der Waals surface area contributed by atoms with Crippen molar-refractivity contribution in [3.8, 4) is 0 Å². The molecule has 0 spiro atoms. The van der Waals surface area contributed by atoms with Crippen LogP contribution in [0.2, 0.25) is 0 Å². The van der Waals surface area contributed by atoms with Gasteiger partial charge in [0.15, 0.2) is 0 Å². The number of rotatable bonds is 0. The Morgan fingerprint density at radius 2 is 2.25 bits per heavy atom. The molecule has 0 aromatic heterocycles. The molecule has 0 aromatic carbocycles. The lowest BCUT2D eigenvalue weighted by molar-refractivity contribution is 0.348. The van der Waals surface area contributed by atoms with Gasteiger partial charge in [-0.15, -0.1) is 0 Å². The third-order valence-corrected chi connectivity index (χ3v) is 2.47. The standard InChI is InChI=1S/C7H10F/c8-7-4-5-1-2-6(7)3-5/h5-6H,1-4H2/q+1. The van der Waals surface area contributed by atoms with E-state index >= 15 is 0 Å². The summed E-state index contributed by atoms with van der Waals surface area (Å²) in [6.07, 6.45) is 4.67. The van der Waals surface area contributed by atoms with Gasteiger partial charge in [0.05, 0.1) is 0 Å². The Morgan fingerprint density at radius 3 is 2.50 bits per heavy atom. The summed E-state index contributed by atoms with van der Waals surface area (Å²) in [4.78, 5) is 0. The average molecular weight is 113 g/mol. The molecule has 2 saturated carbocycles. The van der Waals surface area contributed by atoms with Crippen molar-refractivity contribution in [1.82, 2.24) is 0 Å². The average Bonchev–Trinajstić information content (AvgIpc) is 2.23. The highest BCUT2D eigenvalue weighted by atomic mass is 19.1.